The minimum atomic E-state index is -3.95. The van der Waals surface area contributed by atoms with Gasteiger partial charge in [0, 0.05) is 12.3 Å². The Bertz CT molecular complexity index is 858. The van der Waals surface area contributed by atoms with Crippen LogP contribution in [0.15, 0.2) is 34.6 Å². The minimum absolute atomic E-state index is 0.111. The summed E-state index contributed by atoms with van der Waals surface area (Å²) in [6.45, 7) is 1.28. The molecular formula is C13H16N2O6S2. The van der Waals surface area contributed by atoms with Crippen LogP contribution in [0.25, 0.3) is 0 Å². The van der Waals surface area contributed by atoms with E-state index in [0.717, 1.165) is 5.41 Å². The summed E-state index contributed by atoms with van der Waals surface area (Å²) in [6.07, 6.45) is 1.28. The summed E-state index contributed by atoms with van der Waals surface area (Å²) < 4.78 is 54.7. The monoisotopic (exact) mass is 360 g/mol. The van der Waals surface area contributed by atoms with Crippen molar-refractivity contribution in [2.75, 3.05) is 18.2 Å². The topological polar surface area (TPSA) is 119 Å². The van der Waals surface area contributed by atoms with E-state index in [1.54, 1.807) is 0 Å². The summed E-state index contributed by atoms with van der Waals surface area (Å²) >= 11 is 0. The molecule has 1 heterocycles. The van der Waals surface area contributed by atoms with Gasteiger partial charge < -0.3 is 10.1 Å². The van der Waals surface area contributed by atoms with Crippen LogP contribution in [0.5, 0.6) is 5.75 Å². The van der Waals surface area contributed by atoms with Crippen LogP contribution in [0.2, 0.25) is 0 Å². The van der Waals surface area contributed by atoms with Crippen LogP contribution < -0.4 is 14.8 Å². The quantitative estimate of drug-likeness (QED) is 0.776. The number of sulfone groups is 1. The van der Waals surface area contributed by atoms with Gasteiger partial charge in [-0.2, -0.15) is 0 Å². The Morgan fingerprint density at radius 2 is 2.04 bits per heavy atom. The van der Waals surface area contributed by atoms with Crippen LogP contribution in [0.1, 0.15) is 6.92 Å². The molecule has 0 radical (unpaired) electrons. The Kier molecular flexibility index (Phi) is 4.78. The van der Waals surface area contributed by atoms with Gasteiger partial charge in [0.05, 0.1) is 29.5 Å². The first kappa shape index (κ1) is 17.4. The van der Waals surface area contributed by atoms with Gasteiger partial charge in [-0.25, -0.2) is 21.6 Å². The molecule has 0 aromatic heterocycles. The van der Waals surface area contributed by atoms with E-state index in [2.05, 4.69) is 10.0 Å². The Morgan fingerprint density at radius 3 is 2.57 bits per heavy atom. The standard InChI is InChI=1S/C13H16N2O6S2/c1-9(16)14-12-7-11(3-4-13(12)21-2)23(19,20)15-10-5-6-22(17,18)8-10/h3-7,10,15H,8H2,1-2H3,(H,14,16)/t10-/m1/s1. The highest BCUT2D eigenvalue weighted by Gasteiger charge is 2.27. The molecule has 0 bridgehead atoms. The fraction of sp³-hybridized carbons (Fsp3) is 0.308. The Hall–Kier alpha value is -1.91. The lowest BCUT2D eigenvalue weighted by Crippen LogP contribution is -2.35. The number of rotatable bonds is 5. The van der Waals surface area contributed by atoms with Crippen molar-refractivity contribution in [3.8, 4) is 5.75 Å². The predicted octanol–water partition coefficient (Wildman–Crippen LogP) is 0.243. The lowest BCUT2D eigenvalue weighted by molar-refractivity contribution is -0.114. The number of sulfonamides is 1. The zero-order chi connectivity index (χ0) is 17.3. The molecule has 1 aliphatic heterocycles. The third-order valence-corrected chi connectivity index (χ3v) is 5.91. The van der Waals surface area contributed by atoms with Gasteiger partial charge in [0.2, 0.25) is 15.9 Å². The normalized spacial score (nSPS) is 19.5. The molecule has 0 aliphatic carbocycles. The van der Waals surface area contributed by atoms with Crippen molar-refractivity contribution in [3.05, 3.63) is 29.7 Å². The summed E-state index contributed by atoms with van der Waals surface area (Å²) in [5, 5.41) is 3.46. The molecule has 1 aliphatic rings. The number of ether oxygens (including phenoxy) is 1. The number of hydrogen-bond acceptors (Lipinski definition) is 6. The number of benzene rings is 1. The summed E-state index contributed by atoms with van der Waals surface area (Å²) in [5.74, 6) is -0.390. The first-order valence-corrected chi connectivity index (χ1v) is 9.72. The Balaban J connectivity index is 2.29. The highest BCUT2D eigenvalue weighted by Crippen LogP contribution is 2.27. The minimum Gasteiger partial charge on any atom is -0.495 e. The highest BCUT2D eigenvalue weighted by atomic mass is 32.2. The van der Waals surface area contributed by atoms with E-state index in [1.807, 2.05) is 0 Å². The summed E-state index contributed by atoms with van der Waals surface area (Å²) in [5.41, 5.74) is 0.206. The number of amides is 1. The highest BCUT2D eigenvalue weighted by molar-refractivity contribution is 7.94. The average molecular weight is 360 g/mol. The van der Waals surface area contributed by atoms with Crippen molar-refractivity contribution in [3.63, 3.8) is 0 Å². The third-order valence-electron chi connectivity index (χ3n) is 3.03. The molecule has 0 saturated heterocycles. The van der Waals surface area contributed by atoms with Gasteiger partial charge >= 0.3 is 0 Å². The van der Waals surface area contributed by atoms with E-state index in [4.69, 9.17) is 4.74 Å². The van der Waals surface area contributed by atoms with Crippen LogP contribution in [-0.4, -0.2) is 41.6 Å². The second kappa shape index (κ2) is 6.30. The van der Waals surface area contributed by atoms with Gasteiger partial charge in [-0.15, -0.1) is 0 Å². The molecule has 23 heavy (non-hydrogen) atoms. The van der Waals surface area contributed by atoms with Crippen molar-refractivity contribution < 1.29 is 26.4 Å². The molecule has 2 N–H and O–H groups in total. The molecule has 1 atom stereocenters. The van der Waals surface area contributed by atoms with Gasteiger partial charge in [0.15, 0.2) is 9.84 Å². The zero-order valence-electron chi connectivity index (χ0n) is 12.4. The van der Waals surface area contributed by atoms with Crippen molar-refractivity contribution >= 4 is 31.5 Å². The SMILES string of the molecule is COc1ccc(S(=O)(=O)N[C@@H]2C=CS(=O)(=O)C2)cc1NC(C)=O. The first-order valence-electron chi connectivity index (χ1n) is 6.52. The number of carbonyl (C=O) groups excluding carboxylic acids is 1. The lowest BCUT2D eigenvalue weighted by atomic mass is 10.3. The predicted molar refractivity (Wildman–Crippen MR) is 84.3 cm³/mol. The summed E-state index contributed by atoms with van der Waals surface area (Å²) in [7, 11) is -5.93. The van der Waals surface area contributed by atoms with Gasteiger partial charge in [-0.1, -0.05) is 6.08 Å². The fourth-order valence-corrected chi connectivity index (χ4v) is 4.62. The van der Waals surface area contributed by atoms with Crippen LogP contribution in [-0.2, 0) is 24.7 Å². The van der Waals surface area contributed by atoms with Crippen molar-refractivity contribution in [2.24, 2.45) is 0 Å². The van der Waals surface area contributed by atoms with Gasteiger partial charge in [-0.05, 0) is 18.2 Å². The second-order valence-corrected chi connectivity index (χ2v) is 8.57. The van der Waals surface area contributed by atoms with E-state index < -0.39 is 25.9 Å². The van der Waals surface area contributed by atoms with E-state index in [0.29, 0.717) is 5.75 Å². The molecule has 0 unspecified atom stereocenters. The van der Waals surface area contributed by atoms with Crippen molar-refractivity contribution in [1.29, 1.82) is 0 Å². The molecule has 10 heteroatoms. The molecule has 8 nitrogen and oxygen atoms in total. The van der Waals surface area contributed by atoms with E-state index >= 15 is 0 Å². The molecule has 126 valence electrons. The number of anilines is 1. The molecular weight excluding hydrogens is 344 g/mol. The molecule has 1 aromatic carbocycles. The van der Waals surface area contributed by atoms with Crippen molar-refractivity contribution in [2.45, 2.75) is 17.9 Å². The second-order valence-electron chi connectivity index (χ2n) is 4.93. The molecule has 0 fully saturated rings. The first-order chi connectivity index (χ1) is 10.6. The zero-order valence-corrected chi connectivity index (χ0v) is 14.1. The number of methoxy groups -OCH3 is 1. The summed E-state index contributed by atoms with van der Waals surface area (Å²) in [4.78, 5) is 11.1. The fourth-order valence-electron chi connectivity index (χ4n) is 2.06. The smallest absolute Gasteiger partial charge is 0.241 e. The number of hydrogen-bond donors (Lipinski definition) is 2. The lowest BCUT2D eigenvalue weighted by Gasteiger charge is -2.14. The Morgan fingerprint density at radius 1 is 1.35 bits per heavy atom. The Labute approximate surface area is 134 Å². The molecule has 1 aromatic rings. The van der Waals surface area contributed by atoms with Gasteiger partial charge in [-0.3, -0.25) is 4.79 Å². The van der Waals surface area contributed by atoms with Gasteiger partial charge in [0.1, 0.15) is 5.75 Å². The number of carbonyl (C=O) groups is 1. The molecule has 2 rings (SSSR count). The maximum absolute atomic E-state index is 12.3. The molecule has 1 amide bonds. The summed E-state index contributed by atoms with van der Waals surface area (Å²) in [6, 6.07) is 3.13. The van der Waals surface area contributed by atoms with E-state index in [9.17, 15) is 21.6 Å². The van der Waals surface area contributed by atoms with E-state index in [1.165, 1.54) is 38.3 Å². The van der Waals surface area contributed by atoms with Crippen molar-refractivity contribution in [1.82, 2.24) is 4.72 Å². The largest absolute Gasteiger partial charge is 0.495 e. The molecule has 0 spiro atoms. The average Bonchev–Trinajstić information content (AvgIpc) is 2.76. The van der Waals surface area contributed by atoms with Crippen LogP contribution in [0, 0.1) is 0 Å². The maximum atomic E-state index is 12.3. The van der Waals surface area contributed by atoms with E-state index in [-0.39, 0.29) is 22.2 Å². The maximum Gasteiger partial charge on any atom is 0.241 e. The van der Waals surface area contributed by atoms with Crippen LogP contribution >= 0.6 is 0 Å². The molecule has 0 saturated carbocycles. The van der Waals surface area contributed by atoms with Gasteiger partial charge in [0.25, 0.3) is 0 Å². The van der Waals surface area contributed by atoms with Crippen LogP contribution in [0.3, 0.4) is 0 Å². The van der Waals surface area contributed by atoms with Crippen LogP contribution in [0.4, 0.5) is 5.69 Å². The third kappa shape index (κ3) is 4.30. The number of nitrogens with one attached hydrogen (secondary N) is 2.